The molecule has 0 aliphatic carbocycles. The minimum absolute atomic E-state index is 0.190. The van der Waals surface area contributed by atoms with Gasteiger partial charge in [-0.05, 0) is 49.7 Å². The third kappa shape index (κ3) is 8.78. The van der Waals surface area contributed by atoms with E-state index in [1.807, 2.05) is 12.1 Å². The minimum Gasteiger partial charge on any atom is -0.353 e. The quantitative estimate of drug-likeness (QED) is 0.267. The van der Waals surface area contributed by atoms with Gasteiger partial charge in [0.25, 0.3) is 5.91 Å². The van der Waals surface area contributed by atoms with Gasteiger partial charge in [0.15, 0.2) is 12.6 Å². The molecule has 4 unspecified atom stereocenters. The maximum atomic E-state index is 16.0. The fourth-order valence-corrected chi connectivity index (χ4v) is 5.65. The van der Waals surface area contributed by atoms with Crippen LogP contribution in [-0.4, -0.2) is 50.2 Å². The summed E-state index contributed by atoms with van der Waals surface area (Å²) in [4.78, 5) is 13.5. The van der Waals surface area contributed by atoms with Crippen LogP contribution in [0, 0.1) is 0 Å². The van der Waals surface area contributed by atoms with Crippen molar-refractivity contribution in [3.8, 4) is 0 Å². The van der Waals surface area contributed by atoms with Crippen LogP contribution in [0.1, 0.15) is 49.7 Å². The predicted molar refractivity (Wildman–Crippen MR) is 138 cm³/mol. The second kappa shape index (κ2) is 15.0. The normalized spacial score (nSPS) is 22.0. The standard InChI is InChI=1S/C28H36FO8P/c29-28(27(30)24(37-26-16-8-10-18-33-26)21-34-25-15-7-9-17-32-25)38(31,35-19-22-11-3-1-4-12-22)36-20-23-13-5-2-6-14-23/h1-6,11-14,24-26,28H,7-10,15-21H2. The Labute approximate surface area is 223 Å². The van der Waals surface area contributed by atoms with Crippen molar-refractivity contribution in [3.05, 3.63) is 71.8 Å². The van der Waals surface area contributed by atoms with Gasteiger partial charge >= 0.3 is 7.60 Å². The zero-order valence-electron chi connectivity index (χ0n) is 21.5. The molecule has 0 amide bonds. The highest BCUT2D eigenvalue weighted by molar-refractivity contribution is 7.55. The van der Waals surface area contributed by atoms with Crippen LogP contribution in [0.4, 0.5) is 4.39 Å². The summed E-state index contributed by atoms with van der Waals surface area (Å²) in [6, 6.07) is 17.8. The van der Waals surface area contributed by atoms with E-state index in [0.29, 0.717) is 37.2 Å². The number of carbonyl (C=O) groups is 1. The molecule has 0 spiro atoms. The van der Waals surface area contributed by atoms with Gasteiger partial charge in [-0.3, -0.25) is 9.36 Å². The molecule has 0 radical (unpaired) electrons. The van der Waals surface area contributed by atoms with E-state index in [4.69, 9.17) is 28.0 Å². The minimum atomic E-state index is -4.58. The zero-order valence-corrected chi connectivity index (χ0v) is 22.3. The lowest BCUT2D eigenvalue weighted by Crippen LogP contribution is -2.41. The first-order valence-corrected chi connectivity index (χ1v) is 14.8. The lowest BCUT2D eigenvalue weighted by Gasteiger charge is -2.30. The molecular weight excluding hydrogens is 514 g/mol. The van der Waals surface area contributed by atoms with Crippen LogP contribution in [0.5, 0.6) is 0 Å². The van der Waals surface area contributed by atoms with Crippen molar-refractivity contribution in [3.63, 3.8) is 0 Å². The molecule has 8 nitrogen and oxygen atoms in total. The summed E-state index contributed by atoms with van der Waals surface area (Å²) in [7, 11) is -4.58. The molecule has 2 fully saturated rings. The number of benzene rings is 2. The molecule has 2 heterocycles. The van der Waals surface area contributed by atoms with E-state index in [-0.39, 0.29) is 19.8 Å². The molecule has 4 atom stereocenters. The van der Waals surface area contributed by atoms with Crippen molar-refractivity contribution in [2.75, 3.05) is 19.8 Å². The summed E-state index contributed by atoms with van der Waals surface area (Å²) in [5, 5.41) is 0. The Morgan fingerprint density at radius 1 is 0.842 bits per heavy atom. The third-order valence-electron chi connectivity index (χ3n) is 6.36. The first kappa shape index (κ1) is 29.0. The number of rotatable bonds is 14. The second-order valence-electron chi connectivity index (χ2n) is 9.35. The van der Waals surface area contributed by atoms with Crippen LogP contribution in [0.2, 0.25) is 0 Å². The molecular formula is C28H36FO8P. The number of alkyl halides is 1. The molecule has 10 heteroatoms. The number of hydrogen-bond acceptors (Lipinski definition) is 8. The molecule has 2 saturated heterocycles. The van der Waals surface area contributed by atoms with Crippen LogP contribution in [0.3, 0.4) is 0 Å². The lowest BCUT2D eigenvalue weighted by molar-refractivity contribution is -0.222. The lowest BCUT2D eigenvalue weighted by atomic mass is 10.2. The average molecular weight is 551 g/mol. The van der Waals surface area contributed by atoms with E-state index in [9.17, 15) is 9.36 Å². The van der Waals surface area contributed by atoms with Crippen molar-refractivity contribution < 1.29 is 41.7 Å². The summed E-state index contributed by atoms with van der Waals surface area (Å²) >= 11 is 0. The Morgan fingerprint density at radius 3 is 1.87 bits per heavy atom. The Kier molecular flexibility index (Phi) is 11.4. The van der Waals surface area contributed by atoms with Gasteiger partial charge in [0.05, 0.1) is 19.8 Å². The van der Waals surface area contributed by atoms with E-state index < -0.39 is 38.0 Å². The Balaban J connectivity index is 1.49. The maximum absolute atomic E-state index is 16.0. The van der Waals surface area contributed by atoms with Gasteiger partial charge in [0, 0.05) is 13.2 Å². The summed E-state index contributed by atoms with van der Waals surface area (Å²) in [6.45, 7) is 0.392. The van der Waals surface area contributed by atoms with Crippen LogP contribution in [-0.2, 0) is 50.6 Å². The molecule has 38 heavy (non-hydrogen) atoms. The summed E-state index contributed by atoms with van der Waals surface area (Å²) in [5.74, 6) is -3.65. The average Bonchev–Trinajstić information content (AvgIpc) is 2.98. The largest absolute Gasteiger partial charge is 0.372 e. The van der Waals surface area contributed by atoms with Gasteiger partial charge in [-0.25, -0.2) is 4.39 Å². The Hall–Kier alpha value is -1.97. The first-order chi connectivity index (χ1) is 18.5. The molecule has 2 aromatic carbocycles. The molecule has 0 N–H and O–H groups in total. The van der Waals surface area contributed by atoms with Gasteiger partial charge in [-0.15, -0.1) is 0 Å². The Bertz CT molecular complexity index is 965. The van der Waals surface area contributed by atoms with Crippen LogP contribution in [0.15, 0.2) is 60.7 Å². The number of halogens is 1. The van der Waals surface area contributed by atoms with Crippen molar-refractivity contribution in [2.45, 2.75) is 76.3 Å². The van der Waals surface area contributed by atoms with Crippen molar-refractivity contribution in [1.29, 1.82) is 0 Å². The third-order valence-corrected chi connectivity index (χ3v) is 8.15. The van der Waals surface area contributed by atoms with Gasteiger partial charge in [0.2, 0.25) is 5.78 Å². The van der Waals surface area contributed by atoms with Crippen molar-refractivity contribution >= 4 is 13.4 Å². The van der Waals surface area contributed by atoms with Gasteiger partial charge in [-0.1, -0.05) is 60.7 Å². The number of hydrogen-bond donors (Lipinski definition) is 0. The molecule has 0 aromatic heterocycles. The van der Waals surface area contributed by atoms with E-state index in [2.05, 4.69) is 0 Å². The van der Waals surface area contributed by atoms with Crippen molar-refractivity contribution in [1.82, 2.24) is 0 Å². The van der Waals surface area contributed by atoms with E-state index in [0.717, 1.165) is 25.7 Å². The molecule has 0 saturated carbocycles. The van der Waals surface area contributed by atoms with Crippen molar-refractivity contribution in [2.24, 2.45) is 0 Å². The summed E-state index contributed by atoms with van der Waals surface area (Å²) in [5.41, 5.74) is 1.33. The highest BCUT2D eigenvalue weighted by atomic mass is 31.2. The Morgan fingerprint density at radius 2 is 1.37 bits per heavy atom. The summed E-state index contributed by atoms with van der Waals surface area (Å²) in [6.07, 6.45) is 2.26. The number of ketones is 1. The highest BCUT2D eigenvalue weighted by Crippen LogP contribution is 2.55. The van der Waals surface area contributed by atoms with Crippen LogP contribution >= 0.6 is 7.60 Å². The number of ether oxygens (including phenoxy) is 4. The van der Waals surface area contributed by atoms with Crippen LogP contribution in [0.25, 0.3) is 0 Å². The van der Waals surface area contributed by atoms with E-state index in [1.165, 1.54) is 0 Å². The first-order valence-electron chi connectivity index (χ1n) is 13.2. The van der Waals surface area contributed by atoms with Crippen LogP contribution < -0.4 is 0 Å². The predicted octanol–water partition coefficient (Wildman–Crippen LogP) is 5.93. The second-order valence-corrected chi connectivity index (χ2v) is 11.4. The monoisotopic (exact) mass is 550 g/mol. The van der Waals surface area contributed by atoms with Gasteiger partial charge in [0.1, 0.15) is 6.10 Å². The van der Waals surface area contributed by atoms with Gasteiger partial charge < -0.3 is 28.0 Å². The molecule has 0 bridgehead atoms. The molecule has 2 aliphatic rings. The fourth-order valence-electron chi connectivity index (χ4n) is 4.18. The fraction of sp³-hybridized carbons (Fsp3) is 0.536. The smallest absolute Gasteiger partial charge is 0.353 e. The zero-order chi connectivity index (χ0) is 26.6. The highest BCUT2D eigenvalue weighted by Gasteiger charge is 2.46. The topological polar surface area (TPSA) is 89.5 Å². The molecule has 2 aliphatic heterocycles. The van der Waals surface area contributed by atoms with Gasteiger partial charge in [-0.2, -0.15) is 0 Å². The van der Waals surface area contributed by atoms with E-state index >= 15 is 4.39 Å². The molecule has 208 valence electrons. The summed E-state index contributed by atoms with van der Waals surface area (Å²) < 4.78 is 63.7. The maximum Gasteiger partial charge on any atom is 0.372 e. The molecule has 2 aromatic rings. The number of carbonyl (C=O) groups excluding carboxylic acids is 1. The van der Waals surface area contributed by atoms with E-state index in [1.54, 1.807) is 48.5 Å². The molecule has 4 rings (SSSR count). The number of Topliss-reactive ketones (excluding diaryl/α,β-unsaturated/α-hetero) is 1. The SMILES string of the molecule is O=C(C(COC1CCCCO1)OC1CCCCO1)C(F)P(=O)(OCc1ccccc1)OCc1ccccc1.